The van der Waals surface area contributed by atoms with Crippen LogP contribution in [-0.2, 0) is 23.2 Å². The first-order valence-electron chi connectivity index (χ1n) is 7.77. The van der Waals surface area contributed by atoms with E-state index in [0.717, 1.165) is 0 Å². The molecule has 1 nitrogen and oxygen atoms in total. The summed E-state index contributed by atoms with van der Waals surface area (Å²) in [4.78, 5) is 2.28. The van der Waals surface area contributed by atoms with Crippen molar-refractivity contribution in [3.63, 3.8) is 0 Å². The van der Waals surface area contributed by atoms with E-state index in [1.54, 1.807) is 14.4 Å². The predicted molar refractivity (Wildman–Crippen MR) is 89.9 cm³/mol. The van der Waals surface area contributed by atoms with Crippen molar-refractivity contribution in [2.45, 2.75) is 10.0 Å². The van der Waals surface area contributed by atoms with Gasteiger partial charge in [0.1, 0.15) is 0 Å². The molecule has 0 heterocycles. The second-order valence-corrected chi connectivity index (χ2v) is 9.83. The monoisotopic (exact) mass is 433 g/mol. The summed E-state index contributed by atoms with van der Waals surface area (Å²) >= 11 is -0.662. The van der Waals surface area contributed by atoms with E-state index in [0.29, 0.717) is 3.63 Å². The van der Waals surface area contributed by atoms with Crippen molar-refractivity contribution in [3.8, 4) is 11.1 Å². The normalized spacial score (nSPS) is 16.2. The predicted octanol–water partition coefficient (Wildman–Crippen LogP) is -1.24. The van der Waals surface area contributed by atoms with Crippen molar-refractivity contribution in [1.29, 1.82) is 0 Å². The van der Waals surface area contributed by atoms with Crippen molar-refractivity contribution in [1.82, 2.24) is 0 Å². The van der Waals surface area contributed by atoms with Gasteiger partial charge in [-0.15, -0.1) is 0 Å². The molecule has 0 N–H and O–H groups in total. The Morgan fingerprint density at radius 3 is 2.42 bits per heavy atom. The summed E-state index contributed by atoms with van der Waals surface area (Å²) in [6, 6.07) is 15.8. The number of benzene rings is 2. The van der Waals surface area contributed by atoms with Crippen LogP contribution in [0.5, 0.6) is 0 Å². The minimum Gasteiger partial charge on any atom is -1.00 e. The number of halogens is 2. The van der Waals surface area contributed by atoms with Crippen LogP contribution in [0.25, 0.3) is 11.1 Å². The van der Waals surface area contributed by atoms with E-state index in [2.05, 4.69) is 79.7 Å². The molecule has 0 radical (unpaired) electrons. The van der Waals surface area contributed by atoms with Crippen molar-refractivity contribution >= 4 is 5.69 Å². The Balaban J connectivity index is 0.00000104. The Bertz CT molecular complexity index is 796. The van der Waals surface area contributed by atoms with Gasteiger partial charge < -0.3 is 24.8 Å². The van der Waals surface area contributed by atoms with Gasteiger partial charge in [0.2, 0.25) is 0 Å². The molecule has 1 atom stereocenters. The van der Waals surface area contributed by atoms with Crippen LogP contribution >= 0.6 is 0 Å². The molecule has 0 bridgehead atoms. The van der Waals surface area contributed by atoms with Crippen LogP contribution in [0.2, 0.25) is 0 Å². The molecule has 2 aromatic carbocycles. The zero-order valence-electron chi connectivity index (χ0n) is 13.8. The summed E-state index contributed by atoms with van der Waals surface area (Å²) in [5.74, 6) is 0. The van der Waals surface area contributed by atoms with E-state index in [1.807, 2.05) is 0 Å². The van der Waals surface area contributed by atoms with E-state index in [1.165, 1.54) is 23.2 Å². The molecule has 1 unspecified atom stereocenters. The number of hydrogen-bond donors (Lipinski definition) is 0. The number of nitrogens with zero attached hydrogens (tertiary/aromatic N) is 1. The van der Waals surface area contributed by atoms with E-state index in [4.69, 9.17) is 0 Å². The second kappa shape index (κ2) is 8.04. The summed E-state index contributed by atoms with van der Waals surface area (Å²) in [6.45, 7) is 0. The summed E-state index contributed by atoms with van der Waals surface area (Å²) < 4.78 is 2.37. The van der Waals surface area contributed by atoms with Gasteiger partial charge in [-0.2, -0.15) is 0 Å². The molecule has 4 rings (SSSR count). The summed E-state index contributed by atoms with van der Waals surface area (Å²) in [5, 5.41) is 0. The number of anilines is 1. The second-order valence-electron chi connectivity index (χ2n) is 6.12. The topological polar surface area (TPSA) is 3.24 Å². The molecule has 122 valence electrons. The van der Waals surface area contributed by atoms with Crippen LogP contribution < -0.4 is 29.7 Å². The fraction of sp³-hybridized carbons (Fsp3) is 0.200. The van der Waals surface area contributed by atoms with Gasteiger partial charge in [0.05, 0.1) is 0 Å². The first-order chi connectivity index (χ1) is 10.8. The number of fused-ring (bicyclic) bond motifs is 3. The minimum atomic E-state index is -0.662. The van der Waals surface area contributed by atoms with Crippen LogP contribution in [0.4, 0.5) is 5.69 Å². The maximum absolute atomic E-state index is 2.37. The van der Waals surface area contributed by atoms with Gasteiger partial charge in [-0.25, -0.2) is 0 Å². The van der Waals surface area contributed by atoms with Crippen molar-refractivity contribution in [2.75, 3.05) is 19.0 Å². The molecule has 0 spiro atoms. The van der Waals surface area contributed by atoms with E-state index in [9.17, 15) is 0 Å². The van der Waals surface area contributed by atoms with Gasteiger partial charge in [0.25, 0.3) is 0 Å². The van der Waals surface area contributed by atoms with Crippen LogP contribution in [-0.4, -0.2) is 14.1 Å². The molecule has 0 saturated carbocycles. The Kier molecular flexibility index (Phi) is 6.54. The van der Waals surface area contributed by atoms with Crippen molar-refractivity contribution in [3.05, 3.63) is 75.1 Å². The molecule has 2 aliphatic carbocycles. The molecule has 0 fully saturated rings. The van der Waals surface area contributed by atoms with Crippen LogP contribution in [0.1, 0.15) is 21.2 Å². The Labute approximate surface area is 168 Å². The molecule has 0 saturated heterocycles. The van der Waals surface area contributed by atoms with Crippen molar-refractivity contribution in [2.24, 2.45) is 0 Å². The smallest absolute Gasteiger partial charge is 1.00 e. The molecule has 0 amide bonds. The van der Waals surface area contributed by atoms with Crippen LogP contribution in [0, 0.1) is 0 Å². The van der Waals surface area contributed by atoms with Gasteiger partial charge in [-0.05, 0) is 0 Å². The quantitative estimate of drug-likeness (QED) is 0.583. The maximum atomic E-state index is 2.37. The standard InChI is InChI=1S/C15H14N.C5H5.2ClH.Zr/c1-16(2)15-9-5-8-13-12-7-4-3-6-11(12)10-14(13)15;1-2-4-5-3-1;;;/h3-10H,1-2H3;1-3H,4H2;2*1H;/q;;;;+2/p-2. The molecule has 0 aliphatic heterocycles. The molecule has 2 aromatic rings. The fourth-order valence-corrected chi connectivity index (χ4v) is 7.59. The number of rotatable bonds is 3. The number of allylic oxidation sites excluding steroid dienone is 4. The SMILES string of the molecule is CN(C)c1cccc2c1[CH]([Zr+2][C]1=CC=CC1)c1ccccc1-2.[Cl-].[Cl-]. The fourth-order valence-electron chi connectivity index (χ4n) is 3.52. The average Bonchev–Trinajstić information content (AvgIpc) is 3.15. The van der Waals surface area contributed by atoms with Crippen LogP contribution in [0.15, 0.2) is 64.0 Å². The zero-order valence-corrected chi connectivity index (χ0v) is 17.7. The third kappa shape index (κ3) is 3.29. The zero-order chi connectivity index (χ0) is 15.1. The molecule has 24 heavy (non-hydrogen) atoms. The van der Waals surface area contributed by atoms with Crippen LogP contribution in [0.3, 0.4) is 0 Å². The Hall–Kier alpha value is -0.817. The molecule has 0 aromatic heterocycles. The number of hydrogen-bond acceptors (Lipinski definition) is 1. The Morgan fingerprint density at radius 2 is 1.71 bits per heavy atom. The molecular weight excluding hydrogens is 416 g/mol. The summed E-state index contributed by atoms with van der Waals surface area (Å²) in [5.41, 5.74) is 7.45. The van der Waals surface area contributed by atoms with E-state index >= 15 is 0 Å². The molecule has 2 aliphatic rings. The van der Waals surface area contributed by atoms with E-state index < -0.39 is 23.2 Å². The van der Waals surface area contributed by atoms with Gasteiger partial charge in [-0.1, -0.05) is 0 Å². The van der Waals surface area contributed by atoms with Crippen molar-refractivity contribution < 1.29 is 48.0 Å². The minimum absolute atomic E-state index is 0. The summed E-state index contributed by atoms with van der Waals surface area (Å²) in [6.07, 6.45) is 8.08. The Morgan fingerprint density at radius 1 is 0.958 bits per heavy atom. The van der Waals surface area contributed by atoms with Gasteiger partial charge in [-0.3, -0.25) is 0 Å². The van der Waals surface area contributed by atoms with Gasteiger partial charge in [0, 0.05) is 0 Å². The third-order valence-corrected chi connectivity index (χ3v) is 8.52. The average molecular weight is 436 g/mol. The van der Waals surface area contributed by atoms with E-state index in [-0.39, 0.29) is 24.8 Å². The molecule has 4 heteroatoms. The largest absolute Gasteiger partial charge is 1.00 e. The first kappa shape index (κ1) is 19.5. The van der Waals surface area contributed by atoms with Gasteiger partial charge >= 0.3 is 144 Å². The first-order valence-corrected chi connectivity index (χ1v) is 10.4. The third-order valence-electron chi connectivity index (χ3n) is 4.52. The molecular formula is C20H19Cl2NZr. The maximum Gasteiger partial charge on any atom is -1.00 e. The van der Waals surface area contributed by atoms with Gasteiger partial charge in [0.15, 0.2) is 0 Å². The summed E-state index contributed by atoms with van der Waals surface area (Å²) in [7, 11) is 4.33.